The Morgan fingerprint density at radius 3 is 2.75 bits per heavy atom. The molecule has 0 aliphatic carbocycles. The summed E-state index contributed by atoms with van der Waals surface area (Å²) in [5, 5.41) is 8.71. The minimum absolute atomic E-state index is 0.284. The minimum Gasteiger partial charge on any atom is -0.489 e. The third kappa shape index (κ3) is 4.50. The van der Waals surface area contributed by atoms with Crippen LogP contribution in [0.25, 0.3) is 0 Å². The molecule has 108 valence electrons. The van der Waals surface area contributed by atoms with Crippen molar-refractivity contribution in [2.45, 2.75) is 45.1 Å². The number of piperidine rings is 1. The minimum atomic E-state index is 0.284. The molecule has 0 atom stereocenters. The van der Waals surface area contributed by atoms with E-state index in [-0.39, 0.29) is 6.10 Å². The molecule has 4 heteroatoms. The molecule has 0 bridgehead atoms. The molecule has 1 fully saturated rings. The number of nitriles is 1. The first-order chi connectivity index (χ1) is 9.81. The molecule has 0 radical (unpaired) electrons. The number of nitrogens with zero attached hydrogens (tertiary/aromatic N) is 3. The molecule has 1 aromatic rings. The zero-order valence-electron chi connectivity index (χ0n) is 12.2. The molecule has 0 aromatic carbocycles. The number of hydrogen-bond donors (Lipinski definition) is 0. The lowest BCUT2D eigenvalue weighted by Crippen LogP contribution is -2.38. The second kappa shape index (κ2) is 7.86. The zero-order chi connectivity index (χ0) is 14.2. The third-order valence-corrected chi connectivity index (χ3v) is 3.77. The maximum Gasteiger partial charge on any atom is 0.140 e. The summed E-state index contributed by atoms with van der Waals surface area (Å²) in [4.78, 5) is 6.57. The Kier molecular flexibility index (Phi) is 5.82. The lowest BCUT2D eigenvalue weighted by Gasteiger charge is -2.32. The van der Waals surface area contributed by atoms with Crippen LogP contribution in [0.5, 0.6) is 5.75 Å². The van der Waals surface area contributed by atoms with Crippen LogP contribution in [0.3, 0.4) is 0 Å². The van der Waals surface area contributed by atoms with Crippen LogP contribution in [0.1, 0.15) is 44.7 Å². The van der Waals surface area contributed by atoms with Gasteiger partial charge in [0.1, 0.15) is 23.6 Å². The Morgan fingerprint density at radius 1 is 1.35 bits per heavy atom. The van der Waals surface area contributed by atoms with Crippen LogP contribution >= 0.6 is 0 Å². The summed E-state index contributed by atoms with van der Waals surface area (Å²) in [6.07, 6.45) is 8.00. The second-order valence-electron chi connectivity index (χ2n) is 5.36. The van der Waals surface area contributed by atoms with Crippen molar-refractivity contribution in [2.75, 3.05) is 19.6 Å². The van der Waals surface area contributed by atoms with Crippen molar-refractivity contribution in [3.05, 3.63) is 24.0 Å². The van der Waals surface area contributed by atoms with E-state index in [9.17, 15) is 0 Å². The Bertz CT molecular complexity index is 430. The average Bonchev–Trinajstić information content (AvgIpc) is 2.50. The van der Waals surface area contributed by atoms with Crippen LogP contribution in [-0.4, -0.2) is 35.6 Å². The van der Waals surface area contributed by atoms with Gasteiger partial charge >= 0.3 is 0 Å². The summed E-state index contributed by atoms with van der Waals surface area (Å²) in [6.45, 7) is 5.71. The van der Waals surface area contributed by atoms with E-state index in [2.05, 4.69) is 16.8 Å². The molecule has 1 saturated heterocycles. The number of likely N-dealkylation sites (tertiary alicyclic amines) is 1. The van der Waals surface area contributed by atoms with Gasteiger partial charge in [0, 0.05) is 13.1 Å². The second-order valence-corrected chi connectivity index (χ2v) is 5.36. The molecule has 1 aromatic heterocycles. The number of rotatable bonds is 6. The maximum atomic E-state index is 8.71. The van der Waals surface area contributed by atoms with Gasteiger partial charge in [-0.2, -0.15) is 5.26 Å². The molecule has 1 aliphatic rings. The van der Waals surface area contributed by atoms with E-state index in [1.165, 1.54) is 25.8 Å². The lowest BCUT2D eigenvalue weighted by atomic mass is 10.1. The van der Waals surface area contributed by atoms with Gasteiger partial charge in [0.05, 0.1) is 6.20 Å². The SMILES string of the molecule is CCCCCN1CCC(Oc2ccc(C#N)nc2)CC1. The number of aromatic nitrogens is 1. The largest absolute Gasteiger partial charge is 0.489 e. The molecule has 2 heterocycles. The van der Waals surface area contributed by atoms with Crippen LogP contribution in [0.4, 0.5) is 0 Å². The third-order valence-electron chi connectivity index (χ3n) is 3.77. The highest BCUT2D eigenvalue weighted by Gasteiger charge is 2.20. The van der Waals surface area contributed by atoms with Gasteiger partial charge in [-0.1, -0.05) is 19.8 Å². The Hall–Kier alpha value is -1.60. The van der Waals surface area contributed by atoms with E-state index in [0.717, 1.165) is 31.7 Å². The molecular formula is C16H23N3O. The van der Waals surface area contributed by atoms with Gasteiger partial charge in [0.25, 0.3) is 0 Å². The van der Waals surface area contributed by atoms with Crippen LogP contribution in [0.15, 0.2) is 18.3 Å². The molecule has 0 spiro atoms. The van der Waals surface area contributed by atoms with Crippen molar-refractivity contribution in [3.63, 3.8) is 0 Å². The van der Waals surface area contributed by atoms with Crippen molar-refractivity contribution in [1.29, 1.82) is 5.26 Å². The highest BCUT2D eigenvalue weighted by Crippen LogP contribution is 2.18. The van der Waals surface area contributed by atoms with Crippen molar-refractivity contribution in [1.82, 2.24) is 9.88 Å². The van der Waals surface area contributed by atoms with E-state index >= 15 is 0 Å². The number of ether oxygens (including phenoxy) is 1. The first kappa shape index (κ1) is 14.8. The smallest absolute Gasteiger partial charge is 0.140 e. The van der Waals surface area contributed by atoms with E-state index in [1.807, 2.05) is 12.1 Å². The van der Waals surface area contributed by atoms with E-state index in [4.69, 9.17) is 10.00 Å². The van der Waals surface area contributed by atoms with Gasteiger partial charge < -0.3 is 9.64 Å². The molecule has 2 rings (SSSR count). The van der Waals surface area contributed by atoms with Gasteiger partial charge in [-0.3, -0.25) is 0 Å². The van der Waals surface area contributed by atoms with Crippen LogP contribution < -0.4 is 4.74 Å². The van der Waals surface area contributed by atoms with Gasteiger partial charge in [0.15, 0.2) is 0 Å². The fourth-order valence-corrected chi connectivity index (χ4v) is 2.54. The van der Waals surface area contributed by atoms with Gasteiger partial charge in [-0.15, -0.1) is 0 Å². The molecule has 4 nitrogen and oxygen atoms in total. The monoisotopic (exact) mass is 273 g/mol. The molecule has 0 amide bonds. The quantitative estimate of drug-likeness (QED) is 0.748. The zero-order valence-corrected chi connectivity index (χ0v) is 12.2. The van der Waals surface area contributed by atoms with Gasteiger partial charge in [-0.05, 0) is 37.9 Å². The Labute approximate surface area is 121 Å². The maximum absolute atomic E-state index is 8.71. The topological polar surface area (TPSA) is 49.1 Å². The fraction of sp³-hybridized carbons (Fsp3) is 0.625. The summed E-state index contributed by atoms with van der Waals surface area (Å²) in [5.41, 5.74) is 0.433. The van der Waals surface area contributed by atoms with Crippen LogP contribution in [-0.2, 0) is 0 Å². The first-order valence-corrected chi connectivity index (χ1v) is 7.57. The highest BCUT2D eigenvalue weighted by atomic mass is 16.5. The molecule has 1 aliphatic heterocycles. The molecular weight excluding hydrogens is 250 g/mol. The van der Waals surface area contributed by atoms with Crippen molar-refractivity contribution < 1.29 is 4.74 Å². The number of pyridine rings is 1. The fourth-order valence-electron chi connectivity index (χ4n) is 2.54. The normalized spacial score (nSPS) is 16.8. The number of unbranched alkanes of at least 4 members (excludes halogenated alkanes) is 2. The van der Waals surface area contributed by atoms with E-state index in [0.29, 0.717) is 5.69 Å². The molecule has 20 heavy (non-hydrogen) atoms. The molecule has 0 unspecified atom stereocenters. The van der Waals surface area contributed by atoms with Crippen LogP contribution in [0, 0.1) is 11.3 Å². The predicted molar refractivity (Wildman–Crippen MR) is 78.6 cm³/mol. The van der Waals surface area contributed by atoms with Crippen molar-refractivity contribution in [3.8, 4) is 11.8 Å². The van der Waals surface area contributed by atoms with Gasteiger partial charge in [0.2, 0.25) is 0 Å². The first-order valence-electron chi connectivity index (χ1n) is 7.57. The Balaban J connectivity index is 1.72. The summed E-state index contributed by atoms with van der Waals surface area (Å²) >= 11 is 0. The van der Waals surface area contributed by atoms with Crippen LogP contribution in [0.2, 0.25) is 0 Å². The van der Waals surface area contributed by atoms with E-state index in [1.54, 1.807) is 12.3 Å². The predicted octanol–water partition coefficient (Wildman–Crippen LogP) is 2.99. The summed E-state index contributed by atoms with van der Waals surface area (Å²) < 4.78 is 5.93. The molecule has 0 saturated carbocycles. The number of hydrogen-bond acceptors (Lipinski definition) is 4. The van der Waals surface area contributed by atoms with Crippen molar-refractivity contribution >= 4 is 0 Å². The Morgan fingerprint density at radius 2 is 2.15 bits per heavy atom. The lowest BCUT2D eigenvalue weighted by molar-refractivity contribution is 0.0993. The van der Waals surface area contributed by atoms with E-state index < -0.39 is 0 Å². The highest BCUT2D eigenvalue weighted by molar-refractivity contribution is 5.26. The summed E-state index contributed by atoms with van der Waals surface area (Å²) in [7, 11) is 0. The van der Waals surface area contributed by atoms with Gasteiger partial charge in [-0.25, -0.2) is 4.98 Å². The van der Waals surface area contributed by atoms with Crippen molar-refractivity contribution in [2.24, 2.45) is 0 Å². The standard InChI is InChI=1S/C16H23N3O/c1-2-3-4-9-19-10-7-15(8-11-19)20-16-6-5-14(12-17)18-13-16/h5-6,13,15H,2-4,7-11H2,1H3. The average molecular weight is 273 g/mol. The summed E-state index contributed by atoms with van der Waals surface area (Å²) in [5.74, 6) is 0.772. The molecule has 0 N–H and O–H groups in total. The summed E-state index contributed by atoms with van der Waals surface area (Å²) in [6, 6.07) is 5.55.